The molecule has 2 aromatic rings. The van der Waals surface area contributed by atoms with E-state index in [4.69, 9.17) is 10.2 Å². The fraction of sp³-hybridized carbons (Fsp3) is 0.0667. The van der Waals surface area contributed by atoms with Crippen LogP contribution in [0.4, 0.5) is 10.1 Å². The summed E-state index contributed by atoms with van der Waals surface area (Å²) in [7, 11) is 0. The van der Waals surface area contributed by atoms with Crippen LogP contribution in [-0.2, 0) is 5.75 Å². The normalized spacial score (nSPS) is 10.4. The van der Waals surface area contributed by atoms with Gasteiger partial charge in [-0.25, -0.2) is 14.0 Å². The summed E-state index contributed by atoms with van der Waals surface area (Å²) < 4.78 is 13.3. The summed E-state index contributed by atoms with van der Waals surface area (Å²) in [5, 5.41) is 29.1. The van der Waals surface area contributed by atoms with E-state index in [2.05, 4.69) is 0 Å². The molecule has 0 aromatic heterocycles. The Kier molecular flexibility index (Phi) is 5.14. The van der Waals surface area contributed by atoms with Gasteiger partial charge in [-0.1, -0.05) is 0 Å². The lowest BCUT2D eigenvalue weighted by atomic mass is 10.1. The number of carboxylic acid groups (broad SMARTS) is 2. The average Bonchev–Trinajstić information content (AvgIpc) is 2.52. The molecule has 9 heteroatoms. The molecule has 2 aromatic carbocycles. The van der Waals surface area contributed by atoms with Crippen LogP contribution in [0.3, 0.4) is 0 Å². The molecule has 0 aliphatic rings. The Hall–Kier alpha value is -2.94. The van der Waals surface area contributed by atoms with Gasteiger partial charge in [0.15, 0.2) is 0 Å². The van der Waals surface area contributed by atoms with Gasteiger partial charge in [-0.2, -0.15) is 0 Å². The number of aromatic carboxylic acids is 2. The number of halogens is 1. The van der Waals surface area contributed by atoms with Crippen molar-refractivity contribution >= 4 is 29.4 Å². The summed E-state index contributed by atoms with van der Waals surface area (Å²) in [6.07, 6.45) is 0. The first kappa shape index (κ1) is 17.4. The van der Waals surface area contributed by atoms with Gasteiger partial charge in [-0.05, 0) is 35.9 Å². The highest BCUT2D eigenvalue weighted by molar-refractivity contribution is 7.98. The van der Waals surface area contributed by atoms with Gasteiger partial charge in [0.2, 0.25) is 0 Å². The lowest BCUT2D eigenvalue weighted by Crippen LogP contribution is -2.03. The number of benzene rings is 2. The smallest absolute Gasteiger partial charge is 0.335 e. The van der Waals surface area contributed by atoms with Crippen molar-refractivity contribution < 1.29 is 29.1 Å². The molecule has 0 heterocycles. The number of thioether (sulfide) groups is 1. The summed E-state index contributed by atoms with van der Waals surface area (Å²) in [6, 6.07) is 6.59. The molecule has 0 fully saturated rings. The van der Waals surface area contributed by atoms with Crippen molar-refractivity contribution in [3.8, 4) is 0 Å². The maximum absolute atomic E-state index is 13.3. The van der Waals surface area contributed by atoms with Gasteiger partial charge in [0.1, 0.15) is 5.82 Å². The Balaban J connectivity index is 2.33. The molecule has 2 rings (SSSR count). The SMILES string of the molecule is O=C(O)c1ccc(SCc2cc(F)ccc2C(=O)O)c([N+](=O)[O-])c1. The molecule has 0 saturated heterocycles. The molecule has 0 amide bonds. The van der Waals surface area contributed by atoms with Gasteiger partial charge in [-0.3, -0.25) is 10.1 Å². The Labute approximate surface area is 138 Å². The zero-order valence-corrected chi connectivity index (χ0v) is 12.7. The number of hydrogen-bond acceptors (Lipinski definition) is 5. The Bertz CT molecular complexity index is 839. The third-order valence-corrected chi connectivity index (χ3v) is 4.20. The van der Waals surface area contributed by atoms with Gasteiger partial charge < -0.3 is 10.2 Å². The van der Waals surface area contributed by atoms with Crippen molar-refractivity contribution in [2.45, 2.75) is 10.6 Å². The number of nitro groups is 1. The van der Waals surface area contributed by atoms with Crippen LogP contribution in [0.2, 0.25) is 0 Å². The van der Waals surface area contributed by atoms with Crippen LogP contribution < -0.4 is 0 Å². The lowest BCUT2D eigenvalue weighted by molar-refractivity contribution is -0.387. The highest BCUT2D eigenvalue weighted by Crippen LogP contribution is 2.33. The lowest BCUT2D eigenvalue weighted by Gasteiger charge is -2.07. The van der Waals surface area contributed by atoms with Crippen LogP contribution in [0.15, 0.2) is 41.3 Å². The predicted molar refractivity (Wildman–Crippen MR) is 83.0 cm³/mol. The molecule has 0 atom stereocenters. The van der Waals surface area contributed by atoms with E-state index in [1.54, 1.807) is 0 Å². The second-order valence-electron chi connectivity index (χ2n) is 4.64. The van der Waals surface area contributed by atoms with Gasteiger partial charge in [0, 0.05) is 11.8 Å². The monoisotopic (exact) mass is 351 g/mol. The first-order valence-corrected chi connectivity index (χ1v) is 7.44. The van der Waals surface area contributed by atoms with Crippen molar-refractivity contribution in [2.75, 3.05) is 0 Å². The Morgan fingerprint density at radius 3 is 2.42 bits per heavy atom. The van der Waals surface area contributed by atoms with Crippen LogP contribution in [0.5, 0.6) is 0 Å². The third-order valence-electron chi connectivity index (χ3n) is 3.08. The number of nitrogens with zero attached hydrogens (tertiary/aromatic N) is 1. The number of carboxylic acids is 2. The Morgan fingerprint density at radius 2 is 1.83 bits per heavy atom. The summed E-state index contributed by atoms with van der Waals surface area (Å²) in [4.78, 5) is 32.5. The maximum atomic E-state index is 13.3. The van der Waals surface area contributed by atoms with E-state index in [1.807, 2.05) is 0 Å². The van der Waals surface area contributed by atoms with Crippen molar-refractivity contribution in [3.05, 3.63) is 69.0 Å². The van der Waals surface area contributed by atoms with Crippen molar-refractivity contribution in [3.63, 3.8) is 0 Å². The van der Waals surface area contributed by atoms with Gasteiger partial charge in [0.25, 0.3) is 5.69 Å². The molecule has 0 unspecified atom stereocenters. The summed E-state index contributed by atoms with van der Waals surface area (Å²) in [6.45, 7) is 0. The number of carbonyl (C=O) groups is 2. The van der Waals surface area contributed by atoms with E-state index in [9.17, 15) is 24.1 Å². The minimum atomic E-state index is -1.30. The van der Waals surface area contributed by atoms with Gasteiger partial charge in [0.05, 0.1) is 20.9 Å². The van der Waals surface area contributed by atoms with Crippen LogP contribution in [0.1, 0.15) is 26.3 Å². The van der Waals surface area contributed by atoms with Crippen LogP contribution >= 0.6 is 11.8 Å². The molecule has 0 spiro atoms. The largest absolute Gasteiger partial charge is 0.478 e. The zero-order chi connectivity index (χ0) is 17.9. The second kappa shape index (κ2) is 7.09. The maximum Gasteiger partial charge on any atom is 0.335 e. The quantitative estimate of drug-likeness (QED) is 0.465. The summed E-state index contributed by atoms with van der Waals surface area (Å²) >= 11 is 0.925. The van der Waals surface area contributed by atoms with Crippen molar-refractivity contribution in [2.24, 2.45) is 0 Å². The van der Waals surface area contributed by atoms with E-state index in [-0.39, 0.29) is 27.3 Å². The number of hydrogen-bond donors (Lipinski definition) is 2. The van der Waals surface area contributed by atoms with E-state index in [0.29, 0.717) is 0 Å². The van der Waals surface area contributed by atoms with Gasteiger partial charge in [-0.15, -0.1) is 11.8 Å². The van der Waals surface area contributed by atoms with Crippen LogP contribution in [-0.4, -0.2) is 27.1 Å². The fourth-order valence-electron chi connectivity index (χ4n) is 1.96. The molecule has 124 valence electrons. The molecular weight excluding hydrogens is 341 g/mol. The highest BCUT2D eigenvalue weighted by Gasteiger charge is 2.19. The molecule has 7 nitrogen and oxygen atoms in total. The van der Waals surface area contributed by atoms with Crippen molar-refractivity contribution in [1.82, 2.24) is 0 Å². The summed E-state index contributed by atoms with van der Waals surface area (Å²) in [5.41, 5.74) is -0.575. The highest BCUT2D eigenvalue weighted by atomic mass is 32.2. The minimum absolute atomic E-state index is 0.0212. The van der Waals surface area contributed by atoms with E-state index < -0.39 is 28.4 Å². The Morgan fingerprint density at radius 1 is 1.12 bits per heavy atom. The minimum Gasteiger partial charge on any atom is -0.478 e. The molecule has 0 radical (unpaired) electrons. The predicted octanol–water partition coefficient (Wildman–Crippen LogP) is 3.42. The first-order valence-electron chi connectivity index (χ1n) is 6.46. The average molecular weight is 351 g/mol. The standard InChI is InChI=1S/C15H10FNO6S/c16-10-2-3-11(15(20)21)9(5-10)7-24-13-4-1-8(14(18)19)6-12(13)17(22)23/h1-6H,7H2,(H,18,19)(H,20,21). The molecular formula is C15H10FNO6S. The zero-order valence-electron chi connectivity index (χ0n) is 11.9. The molecule has 0 aliphatic carbocycles. The topological polar surface area (TPSA) is 118 Å². The molecule has 0 bridgehead atoms. The third kappa shape index (κ3) is 3.87. The molecule has 0 saturated carbocycles. The van der Waals surface area contributed by atoms with E-state index >= 15 is 0 Å². The van der Waals surface area contributed by atoms with Crippen molar-refractivity contribution in [1.29, 1.82) is 0 Å². The first-order chi connectivity index (χ1) is 11.3. The van der Waals surface area contributed by atoms with Crippen LogP contribution in [0.25, 0.3) is 0 Å². The number of nitro benzene ring substituents is 1. The second-order valence-corrected chi connectivity index (χ2v) is 5.66. The van der Waals surface area contributed by atoms with Gasteiger partial charge >= 0.3 is 11.9 Å². The van der Waals surface area contributed by atoms with E-state index in [1.165, 1.54) is 12.1 Å². The molecule has 24 heavy (non-hydrogen) atoms. The van der Waals surface area contributed by atoms with Crippen LogP contribution in [0, 0.1) is 15.9 Å². The molecule has 0 aliphatic heterocycles. The number of rotatable bonds is 6. The summed E-state index contributed by atoms with van der Waals surface area (Å²) in [5.74, 6) is -3.17. The van der Waals surface area contributed by atoms with E-state index in [0.717, 1.165) is 36.0 Å². The molecule has 2 N–H and O–H groups in total. The fourth-order valence-corrected chi connectivity index (χ4v) is 2.96.